The van der Waals surface area contributed by atoms with E-state index in [1.54, 1.807) is 0 Å². The van der Waals surface area contributed by atoms with Gasteiger partial charge < -0.3 is 9.47 Å². The molecule has 4 rings (SSSR count). The lowest BCUT2D eigenvalue weighted by Gasteiger charge is -2.12. The predicted octanol–water partition coefficient (Wildman–Crippen LogP) is 3.73. The lowest BCUT2D eigenvalue weighted by molar-refractivity contribution is 0.110. The first-order valence-electron chi connectivity index (χ1n) is 7.81. The average Bonchev–Trinajstić information content (AvgIpc) is 3.05. The molecule has 0 spiro atoms. The summed E-state index contributed by atoms with van der Waals surface area (Å²) in [5.74, 6) is 0.859. The number of aromatic amines is 1. The summed E-state index contributed by atoms with van der Waals surface area (Å²) < 4.78 is 11.4. The molecule has 23 heavy (non-hydrogen) atoms. The van der Waals surface area contributed by atoms with Gasteiger partial charge in [0.1, 0.15) is 12.4 Å². The molecule has 2 aromatic carbocycles. The standard InChI is InChI=1S/C19H18N2O2/c1-2-4-14(5-3-1)12-23-16-8-6-15(7-9-16)19-17-13-22-11-10-18(17)20-21-19/h1-9H,10-13H2,(H,20,21). The fourth-order valence-corrected chi connectivity index (χ4v) is 2.80. The van der Waals surface area contributed by atoms with Crippen LogP contribution in [0.15, 0.2) is 54.6 Å². The number of fused-ring (bicyclic) bond motifs is 1. The number of benzene rings is 2. The van der Waals surface area contributed by atoms with Gasteiger partial charge in [-0.2, -0.15) is 5.10 Å². The first kappa shape index (κ1) is 14.0. The number of hydrogen-bond acceptors (Lipinski definition) is 3. The Morgan fingerprint density at radius 1 is 1.04 bits per heavy atom. The third kappa shape index (κ3) is 2.98. The molecule has 0 saturated heterocycles. The lowest BCUT2D eigenvalue weighted by atomic mass is 10.0. The normalized spacial score (nSPS) is 13.6. The Morgan fingerprint density at radius 3 is 2.70 bits per heavy atom. The number of nitrogens with one attached hydrogen (secondary N) is 1. The van der Waals surface area contributed by atoms with Crippen molar-refractivity contribution in [3.63, 3.8) is 0 Å². The van der Waals surface area contributed by atoms with Crippen molar-refractivity contribution in [1.82, 2.24) is 10.2 Å². The minimum atomic E-state index is 0.575. The number of hydrogen-bond donors (Lipinski definition) is 1. The Kier molecular flexibility index (Phi) is 3.82. The molecule has 4 nitrogen and oxygen atoms in total. The molecular weight excluding hydrogens is 288 g/mol. The van der Waals surface area contributed by atoms with E-state index in [1.807, 2.05) is 42.5 Å². The van der Waals surface area contributed by atoms with Crippen molar-refractivity contribution in [2.75, 3.05) is 6.61 Å². The van der Waals surface area contributed by atoms with Crippen LogP contribution in [-0.2, 0) is 24.4 Å². The highest BCUT2D eigenvalue weighted by Crippen LogP contribution is 2.28. The number of aromatic nitrogens is 2. The van der Waals surface area contributed by atoms with Crippen molar-refractivity contribution in [3.8, 4) is 17.0 Å². The number of H-pyrrole nitrogens is 1. The van der Waals surface area contributed by atoms with Gasteiger partial charge in [0.2, 0.25) is 0 Å². The molecule has 0 fully saturated rings. The van der Waals surface area contributed by atoms with Gasteiger partial charge in [-0.05, 0) is 29.8 Å². The largest absolute Gasteiger partial charge is 0.489 e. The van der Waals surface area contributed by atoms with Crippen molar-refractivity contribution in [2.24, 2.45) is 0 Å². The molecule has 2 heterocycles. The molecule has 0 bridgehead atoms. The highest BCUT2D eigenvalue weighted by Gasteiger charge is 2.18. The second-order valence-corrected chi connectivity index (χ2v) is 5.63. The van der Waals surface area contributed by atoms with E-state index >= 15 is 0 Å². The molecule has 0 amide bonds. The second-order valence-electron chi connectivity index (χ2n) is 5.63. The molecule has 0 atom stereocenters. The lowest BCUT2D eigenvalue weighted by Crippen LogP contribution is -2.08. The maximum atomic E-state index is 5.82. The molecule has 116 valence electrons. The summed E-state index contributed by atoms with van der Waals surface area (Å²) in [5.41, 5.74) is 5.59. The number of nitrogens with zero attached hydrogens (tertiary/aromatic N) is 1. The van der Waals surface area contributed by atoms with Crippen molar-refractivity contribution in [3.05, 3.63) is 71.4 Å². The summed E-state index contributed by atoms with van der Waals surface area (Å²) in [4.78, 5) is 0. The van der Waals surface area contributed by atoms with Crippen LogP contribution in [-0.4, -0.2) is 16.8 Å². The SMILES string of the molecule is c1ccc(COc2ccc(-c3n[nH]c4c3COCC4)cc2)cc1. The molecule has 0 radical (unpaired) electrons. The summed E-state index contributed by atoms with van der Waals surface area (Å²) in [6, 6.07) is 18.2. The molecular formula is C19H18N2O2. The Hall–Kier alpha value is -2.59. The van der Waals surface area contributed by atoms with Crippen molar-refractivity contribution in [2.45, 2.75) is 19.6 Å². The summed E-state index contributed by atoms with van der Waals surface area (Å²) in [6.45, 7) is 1.97. The Balaban J connectivity index is 1.49. The molecule has 3 aromatic rings. The average molecular weight is 306 g/mol. The molecule has 4 heteroatoms. The van der Waals surface area contributed by atoms with Crippen LogP contribution in [0.25, 0.3) is 11.3 Å². The molecule has 0 saturated carbocycles. The fourth-order valence-electron chi connectivity index (χ4n) is 2.80. The topological polar surface area (TPSA) is 47.1 Å². The van der Waals surface area contributed by atoms with E-state index in [0.717, 1.165) is 35.6 Å². The van der Waals surface area contributed by atoms with E-state index in [-0.39, 0.29) is 0 Å². The maximum absolute atomic E-state index is 5.82. The van der Waals surface area contributed by atoms with Gasteiger partial charge in [0.05, 0.1) is 18.9 Å². The van der Waals surface area contributed by atoms with Crippen molar-refractivity contribution < 1.29 is 9.47 Å². The van der Waals surface area contributed by atoms with Gasteiger partial charge in [-0.3, -0.25) is 5.10 Å². The fraction of sp³-hybridized carbons (Fsp3) is 0.211. The van der Waals surface area contributed by atoms with Gasteiger partial charge in [-0.25, -0.2) is 0 Å². The van der Waals surface area contributed by atoms with E-state index in [2.05, 4.69) is 22.3 Å². The van der Waals surface area contributed by atoms with Crippen LogP contribution in [0.1, 0.15) is 16.8 Å². The highest BCUT2D eigenvalue weighted by molar-refractivity contribution is 5.64. The first-order valence-corrected chi connectivity index (χ1v) is 7.81. The highest BCUT2D eigenvalue weighted by atomic mass is 16.5. The van der Waals surface area contributed by atoms with E-state index in [1.165, 1.54) is 11.3 Å². The molecule has 1 N–H and O–H groups in total. The molecule has 1 aromatic heterocycles. The van der Waals surface area contributed by atoms with Crippen LogP contribution in [0.3, 0.4) is 0 Å². The van der Waals surface area contributed by atoms with Crippen LogP contribution in [0.2, 0.25) is 0 Å². The number of rotatable bonds is 4. The van der Waals surface area contributed by atoms with Gasteiger partial charge >= 0.3 is 0 Å². The van der Waals surface area contributed by atoms with Crippen LogP contribution >= 0.6 is 0 Å². The van der Waals surface area contributed by atoms with Crippen LogP contribution in [0.5, 0.6) is 5.75 Å². The number of ether oxygens (including phenoxy) is 2. The zero-order valence-electron chi connectivity index (χ0n) is 12.8. The summed E-state index contributed by atoms with van der Waals surface area (Å²) in [7, 11) is 0. The molecule has 1 aliphatic rings. The van der Waals surface area contributed by atoms with E-state index in [4.69, 9.17) is 9.47 Å². The molecule has 0 aliphatic carbocycles. The predicted molar refractivity (Wildman–Crippen MR) is 88.2 cm³/mol. The van der Waals surface area contributed by atoms with Gasteiger partial charge in [-0.1, -0.05) is 30.3 Å². The van der Waals surface area contributed by atoms with E-state index in [9.17, 15) is 0 Å². The van der Waals surface area contributed by atoms with Crippen LogP contribution in [0, 0.1) is 0 Å². The minimum Gasteiger partial charge on any atom is -0.489 e. The Bertz CT molecular complexity index is 779. The van der Waals surface area contributed by atoms with Gasteiger partial charge in [-0.15, -0.1) is 0 Å². The third-order valence-electron chi connectivity index (χ3n) is 4.07. The maximum Gasteiger partial charge on any atom is 0.119 e. The van der Waals surface area contributed by atoms with E-state index in [0.29, 0.717) is 13.2 Å². The third-order valence-corrected chi connectivity index (χ3v) is 4.07. The van der Waals surface area contributed by atoms with Crippen LogP contribution in [0.4, 0.5) is 0 Å². The van der Waals surface area contributed by atoms with E-state index < -0.39 is 0 Å². The van der Waals surface area contributed by atoms with Gasteiger partial charge in [0.15, 0.2) is 0 Å². The monoisotopic (exact) mass is 306 g/mol. The minimum absolute atomic E-state index is 0.575. The summed E-state index contributed by atoms with van der Waals surface area (Å²) in [6.07, 6.45) is 0.903. The van der Waals surface area contributed by atoms with Crippen LogP contribution < -0.4 is 4.74 Å². The molecule has 0 unspecified atom stereocenters. The zero-order chi connectivity index (χ0) is 15.5. The zero-order valence-corrected chi connectivity index (χ0v) is 12.8. The molecule has 1 aliphatic heterocycles. The Labute approximate surface area is 135 Å². The second kappa shape index (κ2) is 6.26. The summed E-state index contributed by atoms with van der Waals surface area (Å²) >= 11 is 0. The smallest absolute Gasteiger partial charge is 0.119 e. The van der Waals surface area contributed by atoms with Gasteiger partial charge in [0.25, 0.3) is 0 Å². The van der Waals surface area contributed by atoms with Crippen molar-refractivity contribution >= 4 is 0 Å². The first-order chi connectivity index (χ1) is 11.4. The summed E-state index contributed by atoms with van der Waals surface area (Å²) in [5, 5.41) is 7.57. The Morgan fingerprint density at radius 2 is 1.87 bits per heavy atom. The van der Waals surface area contributed by atoms with Gasteiger partial charge in [0, 0.05) is 23.2 Å². The van der Waals surface area contributed by atoms with Crippen molar-refractivity contribution in [1.29, 1.82) is 0 Å². The quantitative estimate of drug-likeness (QED) is 0.799.